The quantitative estimate of drug-likeness (QED) is 0.873. The zero-order chi connectivity index (χ0) is 14.4. The number of piperidine rings is 1. The number of benzene rings is 1. The van der Waals surface area contributed by atoms with Crippen molar-refractivity contribution in [3.05, 3.63) is 29.5 Å². The van der Waals surface area contributed by atoms with Gasteiger partial charge in [-0.25, -0.2) is 0 Å². The Morgan fingerprint density at radius 3 is 2.95 bits per heavy atom. The van der Waals surface area contributed by atoms with E-state index in [1.807, 2.05) is 0 Å². The third kappa shape index (κ3) is 2.36. The second-order valence-corrected chi connectivity index (χ2v) is 6.83. The third-order valence-electron chi connectivity index (χ3n) is 5.05. The number of fused-ring (bicyclic) bond motifs is 3. The number of hydrogen-bond acceptors (Lipinski definition) is 3. The molecule has 0 aliphatic carbocycles. The molecular formula is C17H24N4. The molecule has 0 bridgehead atoms. The Kier molecular flexibility index (Phi) is 3.23. The van der Waals surface area contributed by atoms with Gasteiger partial charge in [-0.15, -0.1) is 0 Å². The summed E-state index contributed by atoms with van der Waals surface area (Å²) < 4.78 is 2.20. The molecule has 21 heavy (non-hydrogen) atoms. The average molecular weight is 284 g/mol. The highest BCUT2D eigenvalue weighted by molar-refractivity contribution is 5.82. The van der Waals surface area contributed by atoms with E-state index in [0.29, 0.717) is 6.04 Å². The molecule has 4 nitrogen and oxygen atoms in total. The zero-order valence-corrected chi connectivity index (χ0v) is 13.0. The van der Waals surface area contributed by atoms with Crippen LogP contribution in [-0.2, 0) is 13.1 Å². The minimum Gasteiger partial charge on any atom is -0.310 e. The first-order valence-corrected chi connectivity index (χ1v) is 8.12. The van der Waals surface area contributed by atoms with Gasteiger partial charge in [0.15, 0.2) is 0 Å². The second kappa shape index (κ2) is 5.11. The van der Waals surface area contributed by atoms with Crippen LogP contribution in [0.3, 0.4) is 0 Å². The third-order valence-corrected chi connectivity index (χ3v) is 5.05. The SMILES string of the molecule is CC1CCC(c2ccc3c4n(nc3c2)CCN(C)C4)NC1. The summed E-state index contributed by atoms with van der Waals surface area (Å²) in [4.78, 5) is 2.37. The Labute approximate surface area is 126 Å². The van der Waals surface area contributed by atoms with Gasteiger partial charge >= 0.3 is 0 Å². The molecule has 2 aromatic rings. The van der Waals surface area contributed by atoms with Crippen molar-refractivity contribution in [2.75, 3.05) is 20.1 Å². The van der Waals surface area contributed by atoms with Crippen LogP contribution in [-0.4, -0.2) is 34.8 Å². The number of aromatic nitrogens is 2. The standard InChI is InChI=1S/C17H24N4/c1-12-3-6-15(18-10-12)13-4-5-14-16(9-13)19-21-8-7-20(2)11-17(14)21/h4-5,9,12,15,18H,3,6-8,10-11H2,1-2H3. The van der Waals surface area contributed by atoms with Crippen molar-refractivity contribution in [1.29, 1.82) is 0 Å². The monoisotopic (exact) mass is 284 g/mol. The molecule has 1 N–H and O–H groups in total. The van der Waals surface area contributed by atoms with Gasteiger partial charge in [-0.1, -0.05) is 19.1 Å². The largest absolute Gasteiger partial charge is 0.310 e. The highest BCUT2D eigenvalue weighted by Gasteiger charge is 2.21. The predicted octanol–water partition coefficient (Wildman–Crippen LogP) is 2.54. The van der Waals surface area contributed by atoms with Gasteiger partial charge in [-0.2, -0.15) is 5.10 Å². The Bertz CT molecular complexity index is 652. The first-order valence-electron chi connectivity index (χ1n) is 8.12. The lowest BCUT2D eigenvalue weighted by Gasteiger charge is -2.28. The van der Waals surface area contributed by atoms with Gasteiger partial charge in [0.25, 0.3) is 0 Å². The van der Waals surface area contributed by atoms with E-state index in [9.17, 15) is 0 Å². The highest BCUT2D eigenvalue weighted by Crippen LogP contribution is 2.29. The van der Waals surface area contributed by atoms with Crippen molar-refractivity contribution >= 4 is 10.9 Å². The molecule has 2 atom stereocenters. The minimum atomic E-state index is 0.506. The maximum Gasteiger partial charge on any atom is 0.0930 e. The molecule has 0 spiro atoms. The van der Waals surface area contributed by atoms with Crippen LogP contribution in [0.15, 0.2) is 18.2 Å². The fraction of sp³-hybridized carbons (Fsp3) is 0.588. The van der Waals surface area contributed by atoms with E-state index < -0.39 is 0 Å². The van der Waals surface area contributed by atoms with Gasteiger partial charge in [-0.3, -0.25) is 9.58 Å². The molecule has 2 aliphatic heterocycles. The summed E-state index contributed by atoms with van der Waals surface area (Å²) in [7, 11) is 2.18. The summed E-state index contributed by atoms with van der Waals surface area (Å²) in [5.41, 5.74) is 3.94. The van der Waals surface area contributed by atoms with Gasteiger partial charge in [0.05, 0.1) is 17.8 Å². The number of nitrogens with zero attached hydrogens (tertiary/aromatic N) is 3. The van der Waals surface area contributed by atoms with Crippen molar-refractivity contribution in [3.8, 4) is 0 Å². The molecule has 3 heterocycles. The molecule has 1 fully saturated rings. The maximum absolute atomic E-state index is 4.82. The van der Waals surface area contributed by atoms with E-state index in [0.717, 1.165) is 32.1 Å². The van der Waals surface area contributed by atoms with Crippen molar-refractivity contribution in [2.24, 2.45) is 5.92 Å². The fourth-order valence-corrected chi connectivity index (χ4v) is 3.66. The number of hydrogen-bond donors (Lipinski definition) is 1. The molecule has 1 aromatic carbocycles. The number of likely N-dealkylation sites (N-methyl/N-ethyl adjacent to an activating group) is 1. The van der Waals surface area contributed by atoms with Crippen LogP contribution in [0.2, 0.25) is 0 Å². The van der Waals surface area contributed by atoms with E-state index in [2.05, 4.69) is 47.1 Å². The van der Waals surface area contributed by atoms with Gasteiger partial charge < -0.3 is 5.32 Å². The smallest absolute Gasteiger partial charge is 0.0930 e. The van der Waals surface area contributed by atoms with Crippen LogP contribution in [0, 0.1) is 5.92 Å². The van der Waals surface area contributed by atoms with Crippen LogP contribution in [0.5, 0.6) is 0 Å². The predicted molar refractivity (Wildman–Crippen MR) is 85.2 cm³/mol. The summed E-state index contributed by atoms with van der Waals surface area (Å²) in [5, 5.41) is 9.82. The Morgan fingerprint density at radius 1 is 1.24 bits per heavy atom. The normalized spacial score (nSPS) is 27.0. The zero-order valence-electron chi connectivity index (χ0n) is 13.0. The topological polar surface area (TPSA) is 33.1 Å². The van der Waals surface area contributed by atoms with Crippen LogP contribution in [0.25, 0.3) is 10.9 Å². The molecule has 2 unspecified atom stereocenters. The van der Waals surface area contributed by atoms with Gasteiger partial charge in [0.2, 0.25) is 0 Å². The lowest BCUT2D eigenvalue weighted by Crippen LogP contribution is -2.31. The molecule has 0 amide bonds. The summed E-state index contributed by atoms with van der Waals surface area (Å²) in [5.74, 6) is 0.806. The Balaban J connectivity index is 1.68. The van der Waals surface area contributed by atoms with E-state index >= 15 is 0 Å². The van der Waals surface area contributed by atoms with E-state index in [1.54, 1.807) is 0 Å². The molecule has 2 aliphatic rings. The lowest BCUT2D eigenvalue weighted by atomic mass is 9.91. The fourth-order valence-electron chi connectivity index (χ4n) is 3.66. The molecule has 0 saturated carbocycles. The van der Waals surface area contributed by atoms with Crippen molar-refractivity contribution in [2.45, 2.75) is 38.9 Å². The first-order chi connectivity index (χ1) is 10.2. The molecule has 112 valence electrons. The summed E-state index contributed by atoms with van der Waals surface area (Å²) in [6.45, 7) is 6.57. The molecule has 1 saturated heterocycles. The second-order valence-electron chi connectivity index (χ2n) is 6.83. The van der Waals surface area contributed by atoms with Crippen molar-refractivity contribution in [1.82, 2.24) is 20.0 Å². The van der Waals surface area contributed by atoms with Crippen molar-refractivity contribution in [3.63, 3.8) is 0 Å². The average Bonchev–Trinajstić information content (AvgIpc) is 2.85. The van der Waals surface area contributed by atoms with Gasteiger partial charge in [0, 0.05) is 24.5 Å². The summed E-state index contributed by atoms with van der Waals surface area (Å²) in [6.07, 6.45) is 2.56. The minimum absolute atomic E-state index is 0.506. The summed E-state index contributed by atoms with van der Waals surface area (Å²) >= 11 is 0. The van der Waals surface area contributed by atoms with Gasteiger partial charge in [-0.05, 0) is 44.0 Å². The van der Waals surface area contributed by atoms with Crippen molar-refractivity contribution < 1.29 is 0 Å². The maximum atomic E-state index is 4.82. The van der Waals surface area contributed by atoms with Gasteiger partial charge in [0.1, 0.15) is 0 Å². The Hall–Kier alpha value is -1.39. The van der Waals surface area contributed by atoms with E-state index in [1.165, 1.54) is 35.0 Å². The van der Waals surface area contributed by atoms with Crippen LogP contribution in [0.4, 0.5) is 0 Å². The lowest BCUT2D eigenvalue weighted by molar-refractivity contribution is 0.260. The number of nitrogens with one attached hydrogen (secondary N) is 1. The van der Waals surface area contributed by atoms with E-state index in [4.69, 9.17) is 5.10 Å². The Morgan fingerprint density at radius 2 is 2.14 bits per heavy atom. The molecule has 0 radical (unpaired) electrons. The number of rotatable bonds is 1. The van der Waals surface area contributed by atoms with Crippen LogP contribution >= 0.6 is 0 Å². The van der Waals surface area contributed by atoms with Crippen LogP contribution < -0.4 is 5.32 Å². The molecular weight excluding hydrogens is 260 g/mol. The van der Waals surface area contributed by atoms with E-state index in [-0.39, 0.29) is 0 Å². The first kappa shape index (κ1) is 13.3. The molecule has 4 heteroatoms. The molecule has 4 rings (SSSR count). The molecule has 1 aromatic heterocycles. The van der Waals surface area contributed by atoms with Crippen LogP contribution in [0.1, 0.15) is 37.1 Å². The highest BCUT2D eigenvalue weighted by atomic mass is 15.3. The summed E-state index contributed by atoms with van der Waals surface area (Å²) in [6, 6.07) is 7.39.